The highest BCUT2D eigenvalue weighted by Gasteiger charge is 2.41. The lowest BCUT2D eigenvalue weighted by Crippen LogP contribution is -2.52. The van der Waals surface area contributed by atoms with E-state index in [0.717, 1.165) is 17.4 Å². The highest BCUT2D eigenvalue weighted by Crippen LogP contribution is 2.37. The van der Waals surface area contributed by atoms with E-state index < -0.39 is 33.6 Å². The van der Waals surface area contributed by atoms with Gasteiger partial charge in [-0.1, -0.05) is 62.4 Å². The van der Waals surface area contributed by atoms with E-state index >= 15 is 0 Å². The first-order valence-corrected chi connectivity index (χ1v) is 16.0. The number of nitrogens with zero attached hydrogens (tertiary/aromatic N) is 2. The van der Waals surface area contributed by atoms with E-state index in [1.54, 1.807) is 36.4 Å². The largest absolute Gasteiger partial charge is 0.390 e. The summed E-state index contributed by atoms with van der Waals surface area (Å²) in [6.07, 6.45) is 2.27. The molecule has 9 nitrogen and oxygen atoms in total. The third kappa shape index (κ3) is 5.56. The molecule has 2 aliphatic rings. The number of guanidine groups is 1. The fraction of sp³-hybridized carbons (Fsp3) is 0.344. The summed E-state index contributed by atoms with van der Waals surface area (Å²) in [5, 5.41) is 13.6. The Bertz CT molecular complexity index is 1660. The number of nitrogens with two attached hydrogens (primary N) is 1. The van der Waals surface area contributed by atoms with Gasteiger partial charge in [0, 0.05) is 18.2 Å². The number of aliphatic hydroxyl groups is 1. The second-order valence-corrected chi connectivity index (χ2v) is 13.2. The molecule has 42 heavy (non-hydrogen) atoms. The van der Waals surface area contributed by atoms with Gasteiger partial charge in [-0.25, -0.2) is 13.4 Å². The fourth-order valence-electron chi connectivity index (χ4n) is 5.99. The summed E-state index contributed by atoms with van der Waals surface area (Å²) in [6.45, 7) is 3.94. The summed E-state index contributed by atoms with van der Waals surface area (Å²) in [5.74, 6) is -0.574. The van der Waals surface area contributed by atoms with Crippen LogP contribution in [-0.4, -0.2) is 54.1 Å². The molecule has 220 valence electrons. The quantitative estimate of drug-likeness (QED) is 0.367. The number of carbonyl (C=O) groups is 2. The molecule has 0 radical (unpaired) electrons. The number of hydrogen-bond donors (Lipinski definition) is 3. The third-order valence-electron chi connectivity index (χ3n) is 8.48. The van der Waals surface area contributed by atoms with E-state index in [0.29, 0.717) is 36.0 Å². The number of amides is 2. The van der Waals surface area contributed by atoms with Crippen molar-refractivity contribution in [1.82, 2.24) is 10.2 Å². The summed E-state index contributed by atoms with van der Waals surface area (Å²) in [4.78, 5) is 33.5. The van der Waals surface area contributed by atoms with Crippen LogP contribution in [0.4, 0.5) is 0 Å². The number of aliphatic hydroxyl groups excluding tert-OH is 1. The number of sulfone groups is 1. The van der Waals surface area contributed by atoms with Crippen LogP contribution in [0.3, 0.4) is 0 Å². The molecular formula is C32H36N4O5S. The van der Waals surface area contributed by atoms with Crippen molar-refractivity contribution in [1.29, 1.82) is 0 Å². The number of rotatable bonds is 8. The van der Waals surface area contributed by atoms with Gasteiger partial charge in [0.2, 0.25) is 5.91 Å². The number of carbonyl (C=O) groups excluding carboxylic acids is 2. The number of benzene rings is 3. The first-order valence-electron chi connectivity index (χ1n) is 14.1. The Labute approximate surface area is 246 Å². The third-order valence-corrected chi connectivity index (χ3v) is 9.59. The van der Waals surface area contributed by atoms with Crippen molar-refractivity contribution in [2.45, 2.75) is 68.2 Å². The Morgan fingerprint density at radius 2 is 1.74 bits per heavy atom. The fourth-order valence-corrected chi connectivity index (χ4v) is 6.67. The molecule has 5 rings (SSSR count). The number of hydrogen-bond acceptors (Lipinski definition) is 7. The molecule has 1 aliphatic carbocycles. The predicted octanol–water partition coefficient (Wildman–Crippen LogP) is 3.67. The van der Waals surface area contributed by atoms with Crippen LogP contribution in [0.25, 0.3) is 0 Å². The van der Waals surface area contributed by atoms with Gasteiger partial charge < -0.3 is 16.2 Å². The highest BCUT2D eigenvalue weighted by atomic mass is 32.2. The lowest BCUT2D eigenvalue weighted by Gasteiger charge is -2.40. The molecule has 3 atom stereocenters. The van der Waals surface area contributed by atoms with Crippen molar-refractivity contribution in [3.63, 3.8) is 0 Å². The zero-order chi connectivity index (χ0) is 30.2. The summed E-state index contributed by atoms with van der Waals surface area (Å²) in [6, 6.07) is 19.4. The van der Waals surface area contributed by atoms with Gasteiger partial charge in [0.25, 0.3) is 5.91 Å². The average molecular weight is 589 g/mol. The first-order chi connectivity index (χ1) is 20.0. The monoisotopic (exact) mass is 588 g/mol. The van der Waals surface area contributed by atoms with Gasteiger partial charge in [-0.3, -0.25) is 14.5 Å². The van der Waals surface area contributed by atoms with E-state index in [2.05, 4.69) is 5.32 Å². The maximum Gasteiger partial charge on any atom is 0.251 e. The normalized spacial score (nSPS) is 20.5. The molecule has 2 amide bonds. The topological polar surface area (TPSA) is 142 Å². The lowest BCUT2D eigenvalue weighted by molar-refractivity contribution is -0.131. The zero-order valence-electron chi connectivity index (χ0n) is 23.9. The first kappa shape index (κ1) is 29.5. The van der Waals surface area contributed by atoms with Crippen molar-refractivity contribution >= 4 is 27.6 Å². The predicted molar refractivity (Wildman–Crippen MR) is 161 cm³/mol. The minimum atomic E-state index is -3.54. The molecule has 0 spiro atoms. The lowest BCUT2D eigenvalue weighted by atomic mass is 9.86. The molecule has 0 aromatic heterocycles. The van der Waals surface area contributed by atoms with Gasteiger partial charge in [-0.05, 0) is 59.4 Å². The van der Waals surface area contributed by atoms with Gasteiger partial charge in [0.15, 0.2) is 15.8 Å². The van der Waals surface area contributed by atoms with Crippen molar-refractivity contribution in [2.24, 2.45) is 10.7 Å². The number of fused-ring (bicyclic) bond motifs is 1. The smallest absolute Gasteiger partial charge is 0.251 e. The Hall–Kier alpha value is -4.02. The van der Waals surface area contributed by atoms with Gasteiger partial charge >= 0.3 is 0 Å². The van der Waals surface area contributed by atoms with E-state index in [9.17, 15) is 23.1 Å². The average Bonchev–Trinajstić information content (AvgIpc) is 3.29. The van der Waals surface area contributed by atoms with E-state index in [4.69, 9.17) is 10.7 Å². The maximum atomic E-state index is 13.7. The van der Waals surface area contributed by atoms with Crippen molar-refractivity contribution in [3.05, 3.63) is 101 Å². The van der Waals surface area contributed by atoms with Crippen molar-refractivity contribution in [3.8, 4) is 0 Å². The van der Waals surface area contributed by atoms with Crippen LogP contribution < -0.4 is 11.1 Å². The van der Waals surface area contributed by atoms with Crippen LogP contribution in [0.1, 0.15) is 77.8 Å². The molecular weight excluding hydrogens is 552 g/mol. The Kier molecular flexibility index (Phi) is 7.96. The van der Waals surface area contributed by atoms with Crippen LogP contribution >= 0.6 is 0 Å². The van der Waals surface area contributed by atoms with E-state index in [-0.39, 0.29) is 29.1 Å². The standard InChI is InChI=1S/C32H36N4O5S/c1-4-32(5-2)19-27(38)36(31(33)35-32)29(22-12-9-14-24(17-22)42(3,40)41)21-11-8-13-23(16-21)30(39)34-28-25-15-7-6-10-20(25)18-26(28)37/h6-17,26,28-29,37H,4-5,18-19H2,1-3H3,(H2,33,35)(H,34,39)/t26-,28-,29?/m1/s1. The molecule has 1 aliphatic heterocycles. The van der Waals surface area contributed by atoms with Gasteiger partial charge in [-0.2, -0.15) is 0 Å². The molecule has 0 fully saturated rings. The van der Waals surface area contributed by atoms with Gasteiger partial charge in [0.1, 0.15) is 0 Å². The van der Waals surface area contributed by atoms with Crippen LogP contribution in [0.5, 0.6) is 0 Å². The van der Waals surface area contributed by atoms with Crippen molar-refractivity contribution < 1.29 is 23.1 Å². The van der Waals surface area contributed by atoms with Crippen LogP contribution in [0.2, 0.25) is 0 Å². The van der Waals surface area contributed by atoms with Crippen LogP contribution in [-0.2, 0) is 21.1 Å². The highest BCUT2D eigenvalue weighted by molar-refractivity contribution is 7.90. The molecule has 3 aromatic carbocycles. The number of nitrogens with one attached hydrogen (secondary N) is 1. The van der Waals surface area contributed by atoms with Crippen molar-refractivity contribution in [2.75, 3.05) is 6.26 Å². The molecule has 3 aromatic rings. The van der Waals surface area contributed by atoms with Gasteiger partial charge in [-0.15, -0.1) is 0 Å². The summed E-state index contributed by atoms with van der Waals surface area (Å²) in [5.41, 5.74) is 9.16. The zero-order valence-corrected chi connectivity index (χ0v) is 24.8. The maximum absolute atomic E-state index is 13.7. The van der Waals surface area contributed by atoms with Crippen LogP contribution in [0, 0.1) is 0 Å². The van der Waals surface area contributed by atoms with E-state index in [1.165, 1.54) is 17.0 Å². The van der Waals surface area contributed by atoms with Gasteiger partial charge in [0.05, 0.1) is 35.0 Å². The minimum Gasteiger partial charge on any atom is -0.390 e. The number of aliphatic imine (C=N–C) groups is 1. The SMILES string of the molecule is CCC1(CC)CC(=O)N(C(c2cccc(C(=O)N[C@@H]3c4ccccc4C[C@H]3O)c2)c2cccc(S(C)(=O)=O)c2)C(N)=N1. The Morgan fingerprint density at radius 1 is 1.07 bits per heavy atom. The molecule has 0 saturated heterocycles. The summed E-state index contributed by atoms with van der Waals surface area (Å²) < 4.78 is 24.9. The minimum absolute atomic E-state index is 0.0465. The Balaban J connectivity index is 1.57. The van der Waals surface area contributed by atoms with E-state index in [1.807, 2.05) is 38.1 Å². The molecule has 1 unspecified atom stereocenters. The van der Waals surface area contributed by atoms with Crippen LogP contribution in [0.15, 0.2) is 82.7 Å². The Morgan fingerprint density at radius 3 is 2.40 bits per heavy atom. The molecule has 1 heterocycles. The molecule has 10 heteroatoms. The summed E-state index contributed by atoms with van der Waals surface area (Å²) >= 11 is 0. The second kappa shape index (κ2) is 11.3. The second-order valence-electron chi connectivity index (χ2n) is 11.1. The molecule has 0 bridgehead atoms. The summed E-state index contributed by atoms with van der Waals surface area (Å²) in [7, 11) is -3.54. The molecule has 0 saturated carbocycles. The molecule has 4 N–H and O–H groups in total.